The zero-order valence-electron chi connectivity index (χ0n) is 18.7. The van der Waals surface area contributed by atoms with E-state index in [4.69, 9.17) is 4.74 Å². The molecule has 3 unspecified atom stereocenters. The Bertz CT molecular complexity index is 998. The van der Waals surface area contributed by atoms with E-state index in [2.05, 4.69) is 20.8 Å². The molecule has 0 radical (unpaired) electrons. The van der Waals surface area contributed by atoms with Crippen molar-refractivity contribution in [1.82, 2.24) is 20.4 Å². The van der Waals surface area contributed by atoms with Crippen LogP contribution < -0.4 is 10.6 Å². The SMILES string of the molecule is CCC(NC(=O)Cc1cc(F)cc(F)c1)C(=O)Nc1cc(C(=O)N2CC(C)OC(C)C2)n[nH]1. The summed E-state index contributed by atoms with van der Waals surface area (Å²) in [5.41, 5.74) is 0.306. The molecule has 3 N–H and O–H groups in total. The molecule has 1 aromatic carbocycles. The highest BCUT2D eigenvalue weighted by atomic mass is 19.1. The van der Waals surface area contributed by atoms with Crippen LogP contribution in [0.4, 0.5) is 14.6 Å². The molecule has 0 saturated carbocycles. The zero-order valence-corrected chi connectivity index (χ0v) is 18.7. The summed E-state index contributed by atoms with van der Waals surface area (Å²) < 4.78 is 32.3. The second-order valence-corrected chi connectivity index (χ2v) is 8.11. The van der Waals surface area contributed by atoms with E-state index in [0.717, 1.165) is 12.1 Å². The lowest BCUT2D eigenvalue weighted by atomic mass is 10.1. The fraction of sp³-hybridized carbons (Fsp3) is 0.455. The summed E-state index contributed by atoms with van der Waals surface area (Å²) >= 11 is 0. The molecule has 1 aliphatic rings. The van der Waals surface area contributed by atoms with Gasteiger partial charge in [-0.05, 0) is 38.0 Å². The number of hydrogen-bond donors (Lipinski definition) is 3. The Morgan fingerprint density at radius 3 is 2.39 bits per heavy atom. The van der Waals surface area contributed by atoms with Crippen LogP contribution in [0.25, 0.3) is 0 Å². The summed E-state index contributed by atoms with van der Waals surface area (Å²) in [5, 5.41) is 11.7. The van der Waals surface area contributed by atoms with Crippen molar-refractivity contribution in [2.75, 3.05) is 18.4 Å². The molecule has 3 atom stereocenters. The van der Waals surface area contributed by atoms with Gasteiger partial charge in [0.1, 0.15) is 23.5 Å². The highest BCUT2D eigenvalue weighted by Crippen LogP contribution is 2.15. The van der Waals surface area contributed by atoms with E-state index < -0.39 is 29.5 Å². The van der Waals surface area contributed by atoms with Crippen LogP contribution >= 0.6 is 0 Å². The molecule has 0 spiro atoms. The van der Waals surface area contributed by atoms with Gasteiger partial charge < -0.3 is 20.3 Å². The molecule has 11 heteroatoms. The number of anilines is 1. The van der Waals surface area contributed by atoms with E-state index in [-0.39, 0.29) is 48.0 Å². The highest BCUT2D eigenvalue weighted by Gasteiger charge is 2.28. The summed E-state index contributed by atoms with van der Waals surface area (Å²) in [6.45, 7) is 6.36. The molecule has 2 aromatic rings. The minimum absolute atomic E-state index is 0.0892. The number of morpholine rings is 1. The molecular formula is C22H27F2N5O4. The van der Waals surface area contributed by atoms with Gasteiger partial charge in [-0.2, -0.15) is 5.10 Å². The van der Waals surface area contributed by atoms with Crippen LogP contribution in [0, 0.1) is 11.6 Å². The van der Waals surface area contributed by atoms with Gasteiger partial charge in [-0.25, -0.2) is 8.78 Å². The van der Waals surface area contributed by atoms with Gasteiger partial charge in [0, 0.05) is 25.2 Å². The Morgan fingerprint density at radius 2 is 1.79 bits per heavy atom. The summed E-state index contributed by atoms with van der Waals surface area (Å²) in [6, 6.07) is 3.37. The number of carbonyl (C=O) groups is 3. The van der Waals surface area contributed by atoms with Crippen LogP contribution in [0.3, 0.4) is 0 Å². The summed E-state index contributed by atoms with van der Waals surface area (Å²) in [7, 11) is 0. The van der Waals surface area contributed by atoms with Crippen molar-refractivity contribution in [3.63, 3.8) is 0 Å². The largest absolute Gasteiger partial charge is 0.372 e. The summed E-state index contributed by atoms with van der Waals surface area (Å²) in [4.78, 5) is 39.2. The predicted octanol–water partition coefficient (Wildman–Crippen LogP) is 2.01. The molecule has 1 fully saturated rings. The number of amides is 3. The van der Waals surface area contributed by atoms with Crippen LogP contribution in [-0.2, 0) is 20.7 Å². The molecule has 0 aliphatic carbocycles. The van der Waals surface area contributed by atoms with Gasteiger partial charge >= 0.3 is 0 Å². The van der Waals surface area contributed by atoms with Crippen LogP contribution in [0.2, 0.25) is 0 Å². The van der Waals surface area contributed by atoms with Crippen molar-refractivity contribution in [1.29, 1.82) is 0 Å². The first-order valence-electron chi connectivity index (χ1n) is 10.7. The quantitative estimate of drug-likeness (QED) is 0.581. The van der Waals surface area contributed by atoms with E-state index in [1.807, 2.05) is 13.8 Å². The van der Waals surface area contributed by atoms with Crippen molar-refractivity contribution in [3.8, 4) is 0 Å². The van der Waals surface area contributed by atoms with Crippen molar-refractivity contribution < 1.29 is 27.9 Å². The first-order valence-corrected chi connectivity index (χ1v) is 10.7. The minimum atomic E-state index is -0.890. The second-order valence-electron chi connectivity index (χ2n) is 8.11. The number of aromatic amines is 1. The molecular weight excluding hydrogens is 436 g/mol. The molecule has 3 rings (SSSR count). The lowest BCUT2D eigenvalue weighted by molar-refractivity contribution is -0.126. The van der Waals surface area contributed by atoms with Crippen molar-refractivity contribution >= 4 is 23.5 Å². The average Bonchev–Trinajstić information content (AvgIpc) is 3.18. The maximum atomic E-state index is 13.3. The molecule has 33 heavy (non-hydrogen) atoms. The number of aromatic nitrogens is 2. The van der Waals surface area contributed by atoms with E-state index in [1.165, 1.54) is 6.07 Å². The zero-order chi connectivity index (χ0) is 24.1. The molecule has 3 amide bonds. The normalized spacial score (nSPS) is 19.1. The second kappa shape index (κ2) is 10.5. The topological polar surface area (TPSA) is 116 Å². The van der Waals surface area contributed by atoms with E-state index >= 15 is 0 Å². The Balaban J connectivity index is 1.57. The van der Waals surface area contributed by atoms with Crippen LogP contribution in [0.15, 0.2) is 24.3 Å². The fourth-order valence-corrected chi connectivity index (χ4v) is 3.72. The Hall–Kier alpha value is -3.34. The Kier molecular flexibility index (Phi) is 7.75. The smallest absolute Gasteiger partial charge is 0.274 e. The van der Waals surface area contributed by atoms with Gasteiger partial charge in [-0.15, -0.1) is 0 Å². The van der Waals surface area contributed by atoms with Crippen molar-refractivity contribution in [2.24, 2.45) is 0 Å². The number of ether oxygens (including phenoxy) is 1. The van der Waals surface area contributed by atoms with E-state index in [0.29, 0.717) is 19.2 Å². The first-order chi connectivity index (χ1) is 15.6. The maximum Gasteiger partial charge on any atom is 0.274 e. The number of nitrogens with one attached hydrogen (secondary N) is 3. The van der Waals surface area contributed by atoms with Crippen molar-refractivity contribution in [2.45, 2.75) is 51.9 Å². The summed E-state index contributed by atoms with van der Waals surface area (Å²) in [5.74, 6) is -2.72. The monoisotopic (exact) mass is 463 g/mol. The van der Waals surface area contributed by atoms with Gasteiger partial charge in [0.2, 0.25) is 11.8 Å². The van der Waals surface area contributed by atoms with Crippen molar-refractivity contribution in [3.05, 3.63) is 47.2 Å². The highest BCUT2D eigenvalue weighted by molar-refractivity contribution is 5.98. The van der Waals surface area contributed by atoms with Crippen LogP contribution in [0.5, 0.6) is 0 Å². The predicted molar refractivity (Wildman–Crippen MR) is 115 cm³/mol. The molecule has 1 saturated heterocycles. The Labute approximate surface area is 189 Å². The summed E-state index contributed by atoms with van der Waals surface area (Å²) in [6.07, 6.45) is -0.182. The molecule has 2 heterocycles. The number of benzene rings is 1. The molecule has 1 aromatic heterocycles. The minimum Gasteiger partial charge on any atom is -0.372 e. The number of nitrogens with zero attached hydrogens (tertiary/aromatic N) is 2. The third-order valence-electron chi connectivity index (χ3n) is 5.11. The lowest BCUT2D eigenvalue weighted by Gasteiger charge is -2.34. The molecule has 1 aliphatic heterocycles. The lowest BCUT2D eigenvalue weighted by Crippen LogP contribution is -2.48. The molecule has 178 valence electrons. The van der Waals surface area contributed by atoms with Gasteiger partial charge in [0.25, 0.3) is 5.91 Å². The van der Waals surface area contributed by atoms with Gasteiger partial charge in [0.15, 0.2) is 5.69 Å². The first kappa shape index (κ1) is 24.3. The number of H-pyrrole nitrogens is 1. The average molecular weight is 463 g/mol. The van der Waals surface area contributed by atoms with E-state index in [1.54, 1.807) is 11.8 Å². The van der Waals surface area contributed by atoms with Crippen LogP contribution in [0.1, 0.15) is 43.2 Å². The number of halogens is 2. The molecule has 9 nitrogen and oxygen atoms in total. The van der Waals surface area contributed by atoms with Gasteiger partial charge in [-0.1, -0.05) is 6.92 Å². The Morgan fingerprint density at radius 1 is 1.15 bits per heavy atom. The maximum absolute atomic E-state index is 13.3. The number of hydrogen-bond acceptors (Lipinski definition) is 5. The third-order valence-corrected chi connectivity index (χ3v) is 5.11. The van der Waals surface area contributed by atoms with Gasteiger partial charge in [-0.3, -0.25) is 19.5 Å². The molecule has 0 bridgehead atoms. The third kappa shape index (κ3) is 6.58. The van der Waals surface area contributed by atoms with Gasteiger partial charge in [0.05, 0.1) is 18.6 Å². The number of carbonyl (C=O) groups excluding carboxylic acids is 3. The standard InChI is InChI=1S/C22H27F2N5O4/c1-4-17(25-20(30)7-14-5-15(23)8-16(24)6-14)21(31)26-19-9-18(27-28-19)22(32)29-10-12(2)33-13(3)11-29/h5-6,8-9,12-13,17H,4,7,10-11H2,1-3H3,(H,25,30)(H2,26,27,28,31). The number of rotatable bonds is 7. The fourth-order valence-electron chi connectivity index (χ4n) is 3.72. The van der Waals surface area contributed by atoms with E-state index in [9.17, 15) is 23.2 Å². The van der Waals surface area contributed by atoms with Crippen LogP contribution in [-0.4, -0.2) is 64.2 Å².